The van der Waals surface area contributed by atoms with Crippen molar-refractivity contribution in [1.29, 1.82) is 0 Å². The van der Waals surface area contributed by atoms with E-state index >= 15 is 0 Å². The number of thiazole rings is 1. The molecule has 0 spiro atoms. The first kappa shape index (κ1) is 12.5. The number of piperidine rings is 1. The SMILES string of the molecule is CC(c1cncs1)N1CCCCC1(C)C(=O)O. The zero-order chi connectivity index (χ0) is 12.5. The number of rotatable bonds is 3. The van der Waals surface area contributed by atoms with Crippen LogP contribution in [0.4, 0.5) is 0 Å². The molecule has 1 aliphatic rings. The van der Waals surface area contributed by atoms with Gasteiger partial charge in [-0.2, -0.15) is 0 Å². The van der Waals surface area contributed by atoms with Crippen LogP contribution in [0.5, 0.6) is 0 Å². The highest BCUT2D eigenvalue weighted by molar-refractivity contribution is 7.09. The molecule has 2 rings (SSSR count). The van der Waals surface area contributed by atoms with Crippen molar-refractivity contribution in [2.24, 2.45) is 0 Å². The fourth-order valence-corrected chi connectivity index (χ4v) is 3.27. The number of aliphatic carboxylic acids is 1. The van der Waals surface area contributed by atoms with E-state index in [0.29, 0.717) is 0 Å². The molecule has 0 radical (unpaired) electrons. The molecular formula is C12H18N2O2S. The largest absolute Gasteiger partial charge is 0.480 e. The summed E-state index contributed by atoms with van der Waals surface area (Å²) in [6, 6.07) is 0.129. The number of carboxylic acids is 1. The number of hydrogen-bond acceptors (Lipinski definition) is 4. The van der Waals surface area contributed by atoms with E-state index in [1.807, 2.05) is 13.1 Å². The summed E-state index contributed by atoms with van der Waals surface area (Å²) >= 11 is 1.59. The van der Waals surface area contributed by atoms with Crippen molar-refractivity contribution < 1.29 is 9.90 Å². The first-order valence-electron chi connectivity index (χ1n) is 5.94. The van der Waals surface area contributed by atoms with Gasteiger partial charge in [0.1, 0.15) is 5.54 Å². The first-order valence-corrected chi connectivity index (χ1v) is 6.82. The molecule has 2 unspecified atom stereocenters. The second kappa shape index (κ2) is 4.74. The van der Waals surface area contributed by atoms with E-state index in [1.54, 1.807) is 16.8 Å². The zero-order valence-electron chi connectivity index (χ0n) is 10.2. The molecule has 0 aliphatic carbocycles. The summed E-state index contributed by atoms with van der Waals surface area (Å²) in [6.07, 6.45) is 4.64. The van der Waals surface area contributed by atoms with Crippen LogP contribution >= 0.6 is 11.3 Å². The third kappa shape index (κ3) is 2.21. The molecule has 0 aromatic carbocycles. The Labute approximate surface area is 105 Å². The minimum atomic E-state index is -0.734. The second-order valence-corrected chi connectivity index (χ2v) is 5.73. The van der Waals surface area contributed by atoms with Crippen LogP contribution < -0.4 is 0 Å². The fourth-order valence-electron chi connectivity index (χ4n) is 2.58. The summed E-state index contributed by atoms with van der Waals surface area (Å²) in [5.41, 5.74) is 1.07. The maximum atomic E-state index is 11.5. The Bertz CT molecular complexity index is 393. The van der Waals surface area contributed by atoms with E-state index in [1.165, 1.54) is 0 Å². The fraction of sp³-hybridized carbons (Fsp3) is 0.667. The summed E-state index contributed by atoms with van der Waals surface area (Å²) < 4.78 is 0. The van der Waals surface area contributed by atoms with Crippen LogP contribution in [0.25, 0.3) is 0 Å². The zero-order valence-corrected chi connectivity index (χ0v) is 11.0. The van der Waals surface area contributed by atoms with Crippen LogP contribution in [0, 0.1) is 0 Å². The highest BCUT2D eigenvalue weighted by Gasteiger charge is 2.43. The van der Waals surface area contributed by atoms with Gasteiger partial charge in [0.15, 0.2) is 0 Å². The van der Waals surface area contributed by atoms with Crippen LogP contribution in [0.1, 0.15) is 44.0 Å². The van der Waals surface area contributed by atoms with Crippen molar-refractivity contribution in [2.75, 3.05) is 6.54 Å². The maximum absolute atomic E-state index is 11.5. The van der Waals surface area contributed by atoms with Gasteiger partial charge in [0, 0.05) is 17.1 Å². The van der Waals surface area contributed by atoms with Crippen LogP contribution in [0.3, 0.4) is 0 Å². The van der Waals surface area contributed by atoms with Crippen molar-refractivity contribution in [3.63, 3.8) is 0 Å². The van der Waals surface area contributed by atoms with Gasteiger partial charge in [-0.1, -0.05) is 0 Å². The molecular weight excluding hydrogens is 236 g/mol. The lowest BCUT2D eigenvalue weighted by molar-refractivity contribution is -0.154. The molecule has 2 heterocycles. The van der Waals surface area contributed by atoms with Gasteiger partial charge in [0.2, 0.25) is 0 Å². The number of hydrogen-bond donors (Lipinski definition) is 1. The van der Waals surface area contributed by atoms with Crippen LogP contribution in [-0.2, 0) is 4.79 Å². The number of nitrogens with zero attached hydrogens (tertiary/aromatic N) is 2. The third-order valence-corrected chi connectivity index (χ3v) is 4.68. The summed E-state index contributed by atoms with van der Waals surface area (Å²) in [5.74, 6) is -0.714. The molecule has 1 fully saturated rings. The van der Waals surface area contributed by atoms with Crippen molar-refractivity contribution in [1.82, 2.24) is 9.88 Å². The van der Waals surface area contributed by atoms with E-state index in [-0.39, 0.29) is 6.04 Å². The topological polar surface area (TPSA) is 53.4 Å². The minimum absolute atomic E-state index is 0.129. The molecule has 1 saturated heterocycles. The van der Waals surface area contributed by atoms with E-state index in [4.69, 9.17) is 0 Å². The maximum Gasteiger partial charge on any atom is 0.323 e. The summed E-state index contributed by atoms with van der Waals surface area (Å²) in [4.78, 5) is 18.8. The number of likely N-dealkylation sites (tertiary alicyclic amines) is 1. The van der Waals surface area contributed by atoms with Gasteiger partial charge in [-0.25, -0.2) is 0 Å². The molecule has 1 aliphatic heterocycles. The number of carboxylic acid groups (broad SMARTS) is 1. The van der Waals surface area contributed by atoms with Gasteiger partial charge in [-0.3, -0.25) is 14.7 Å². The second-order valence-electron chi connectivity index (χ2n) is 4.81. The molecule has 17 heavy (non-hydrogen) atoms. The van der Waals surface area contributed by atoms with E-state index in [9.17, 15) is 9.90 Å². The standard InChI is InChI=1S/C12H18N2O2S/c1-9(10-7-13-8-17-10)14-6-4-3-5-12(14,2)11(15)16/h7-9H,3-6H2,1-2H3,(H,15,16). The molecule has 0 amide bonds. The van der Waals surface area contributed by atoms with Gasteiger partial charge in [0.25, 0.3) is 0 Å². The van der Waals surface area contributed by atoms with Crippen molar-refractivity contribution in [2.45, 2.75) is 44.7 Å². The van der Waals surface area contributed by atoms with Crippen LogP contribution in [-0.4, -0.2) is 33.0 Å². The highest BCUT2D eigenvalue weighted by atomic mass is 32.1. The number of carbonyl (C=O) groups is 1. The summed E-state index contributed by atoms with van der Waals surface area (Å²) in [6.45, 7) is 4.76. The molecule has 1 N–H and O–H groups in total. The van der Waals surface area contributed by atoms with Crippen molar-refractivity contribution >= 4 is 17.3 Å². The molecule has 94 valence electrons. The Morgan fingerprint density at radius 1 is 1.65 bits per heavy atom. The van der Waals surface area contributed by atoms with E-state index in [2.05, 4.69) is 16.8 Å². The van der Waals surface area contributed by atoms with Gasteiger partial charge in [-0.05, 0) is 39.7 Å². The van der Waals surface area contributed by atoms with Gasteiger partial charge in [0.05, 0.1) is 5.51 Å². The highest BCUT2D eigenvalue weighted by Crippen LogP contribution is 2.36. The molecule has 0 bridgehead atoms. The Balaban J connectivity index is 2.25. The lowest BCUT2D eigenvalue weighted by atomic mass is 9.87. The van der Waals surface area contributed by atoms with Crippen molar-refractivity contribution in [3.05, 3.63) is 16.6 Å². The van der Waals surface area contributed by atoms with Crippen LogP contribution in [0.2, 0.25) is 0 Å². The predicted molar refractivity (Wildman–Crippen MR) is 67.1 cm³/mol. The smallest absolute Gasteiger partial charge is 0.323 e. The normalized spacial score (nSPS) is 27.9. The number of aromatic nitrogens is 1. The van der Waals surface area contributed by atoms with Crippen molar-refractivity contribution in [3.8, 4) is 0 Å². The molecule has 2 atom stereocenters. The Hall–Kier alpha value is -0.940. The van der Waals surface area contributed by atoms with Gasteiger partial charge < -0.3 is 5.11 Å². The lowest BCUT2D eigenvalue weighted by Crippen LogP contribution is -2.55. The molecule has 4 nitrogen and oxygen atoms in total. The van der Waals surface area contributed by atoms with Gasteiger partial charge >= 0.3 is 5.97 Å². The Morgan fingerprint density at radius 2 is 2.41 bits per heavy atom. The summed E-state index contributed by atoms with van der Waals surface area (Å²) in [5, 5.41) is 9.46. The Kier molecular flexibility index (Phi) is 3.49. The average molecular weight is 254 g/mol. The molecule has 1 aromatic heterocycles. The average Bonchev–Trinajstić information content (AvgIpc) is 2.82. The molecule has 0 saturated carbocycles. The Morgan fingerprint density at radius 3 is 3.00 bits per heavy atom. The monoisotopic (exact) mass is 254 g/mol. The molecule has 1 aromatic rings. The first-order chi connectivity index (χ1) is 8.05. The van der Waals surface area contributed by atoms with Gasteiger partial charge in [-0.15, -0.1) is 11.3 Å². The lowest BCUT2D eigenvalue weighted by Gasteiger charge is -2.44. The quantitative estimate of drug-likeness (QED) is 0.900. The summed E-state index contributed by atoms with van der Waals surface area (Å²) in [7, 11) is 0. The predicted octanol–water partition coefficient (Wildman–Crippen LogP) is 2.53. The van der Waals surface area contributed by atoms with E-state index < -0.39 is 11.5 Å². The minimum Gasteiger partial charge on any atom is -0.480 e. The third-order valence-electron chi connectivity index (χ3n) is 3.74. The molecule has 5 heteroatoms. The van der Waals surface area contributed by atoms with Crippen LogP contribution in [0.15, 0.2) is 11.7 Å². The van der Waals surface area contributed by atoms with E-state index in [0.717, 1.165) is 30.7 Å².